The van der Waals surface area contributed by atoms with Gasteiger partial charge in [-0.1, -0.05) is 27.7 Å². The van der Waals surface area contributed by atoms with Crippen LogP contribution in [0.4, 0.5) is 0 Å². The molecule has 9 heteroatoms. The van der Waals surface area contributed by atoms with E-state index in [0.29, 0.717) is 10.5 Å². The van der Waals surface area contributed by atoms with Crippen molar-refractivity contribution < 1.29 is 59.8 Å². The Balaban J connectivity index is 0.000000757. The van der Waals surface area contributed by atoms with E-state index in [-0.39, 0.29) is 28.2 Å². The van der Waals surface area contributed by atoms with Crippen LogP contribution in [0.5, 0.6) is 11.7 Å². The summed E-state index contributed by atoms with van der Waals surface area (Å²) in [5.74, 6) is 0.606. The van der Waals surface area contributed by atoms with E-state index in [2.05, 4.69) is 92.1 Å². The van der Waals surface area contributed by atoms with Crippen LogP contribution in [0.2, 0.25) is 0 Å². The van der Waals surface area contributed by atoms with Crippen LogP contribution in [-0.2, 0) is 56.6 Å². The molecule has 3 rings (SSSR count). The van der Waals surface area contributed by atoms with E-state index >= 15 is 0 Å². The number of hydrogen-bond donors (Lipinski definition) is 2. The Morgan fingerprint density at radius 1 is 1.11 bits per heavy atom. The number of fused-ring (bicyclic) bond motifs is 1. The second-order valence-corrected chi connectivity index (χ2v) is 12.1. The number of methoxy groups -OCH3 is 2. The molecule has 7 nitrogen and oxygen atoms in total. The number of nitrogens with one attached hydrogen (secondary N) is 2. The van der Waals surface area contributed by atoms with Crippen molar-refractivity contribution in [2.24, 2.45) is 0 Å². The predicted octanol–water partition coefficient (Wildman–Crippen LogP) is 5.24. The van der Waals surface area contributed by atoms with Crippen molar-refractivity contribution in [2.75, 3.05) is 14.2 Å². The van der Waals surface area contributed by atoms with Crippen LogP contribution in [0.25, 0.3) is 0 Å². The number of aryl methyl sites for hydroxylation is 1. The van der Waals surface area contributed by atoms with Gasteiger partial charge in [0.25, 0.3) is 0 Å². The maximum absolute atomic E-state index is 12.6. The summed E-state index contributed by atoms with van der Waals surface area (Å²) in [4.78, 5) is 12.6. The summed E-state index contributed by atoms with van der Waals surface area (Å²) in [5, 5.41) is 5.64. The van der Waals surface area contributed by atoms with E-state index in [1.54, 1.807) is 12.1 Å². The molecule has 0 saturated heterocycles. The van der Waals surface area contributed by atoms with Crippen molar-refractivity contribution in [1.82, 2.24) is 10.6 Å². The van der Waals surface area contributed by atoms with Gasteiger partial charge in [0.15, 0.2) is 0 Å². The standard InChI is InChI=1S/C25H30NO5.C4H8N.V.W/c1-16-12-18-19(25(4,5)11-10-24(18,2)3)13-21(16)31-22-9-8-20(30-22)23(27)26-17(14-28-6)15-29-7;1-4(2)5-3;;/h8-9,12-13H,10-11H2,1-7H3,(H,26,27);4-5H,1-2H3;;/q2*-1;;. The first-order valence-electron chi connectivity index (χ1n) is 12.4. The van der Waals surface area contributed by atoms with Gasteiger partial charge >= 0.3 is 202 Å². The third-order valence-corrected chi connectivity index (χ3v) is 7.42. The van der Waals surface area contributed by atoms with Crippen LogP contribution < -0.4 is 15.4 Å². The van der Waals surface area contributed by atoms with Gasteiger partial charge in [0, 0.05) is 0 Å². The van der Waals surface area contributed by atoms with Crippen molar-refractivity contribution >= 4 is 14.8 Å². The number of carbonyl (C=O) groups excluding carboxylic acids is 1. The van der Waals surface area contributed by atoms with Crippen molar-refractivity contribution in [3.63, 3.8) is 0 Å². The molecule has 0 bridgehead atoms. The zero-order chi connectivity index (χ0) is 28.7. The van der Waals surface area contributed by atoms with Crippen LogP contribution in [0.15, 0.2) is 34.4 Å². The van der Waals surface area contributed by atoms with Gasteiger partial charge in [0.1, 0.15) is 0 Å². The Labute approximate surface area is 247 Å². The first-order valence-corrected chi connectivity index (χ1v) is 14.6. The Bertz CT molecular complexity index is 1180. The fourth-order valence-corrected chi connectivity index (χ4v) is 5.04. The minimum absolute atomic E-state index is 0.0691. The molecule has 2 aromatic rings. The third-order valence-electron chi connectivity index (χ3n) is 6.36. The van der Waals surface area contributed by atoms with Crippen molar-refractivity contribution in [1.29, 1.82) is 0 Å². The van der Waals surface area contributed by atoms with Gasteiger partial charge in [0.2, 0.25) is 0 Å². The van der Waals surface area contributed by atoms with E-state index in [1.165, 1.54) is 44.7 Å². The number of hydrogen-bond acceptors (Lipinski definition) is 6. The van der Waals surface area contributed by atoms with Crippen LogP contribution in [0, 0.1) is 13.2 Å². The molecule has 207 valence electrons. The van der Waals surface area contributed by atoms with Crippen molar-refractivity contribution in [3.8, 4) is 11.7 Å². The molecule has 1 aromatic carbocycles. The van der Waals surface area contributed by atoms with Gasteiger partial charge in [-0.15, -0.1) is 0 Å². The molecule has 0 spiro atoms. The summed E-state index contributed by atoms with van der Waals surface area (Å²) >= 11 is 3.55. The van der Waals surface area contributed by atoms with E-state index in [0.717, 1.165) is 24.2 Å². The molecule has 0 fully saturated rings. The predicted molar refractivity (Wildman–Crippen MR) is 142 cm³/mol. The Hall–Kier alpha value is -1.76. The maximum atomic E-state index is 12.6. The fourth-order valence-electron chi connectivity index (χ4n) is 4.04. The summed E-state index contributed by atoms with van der Waals surface area (Å²) in [7, 11) is 2.92. The van der Waals surface area contributed by atoms with E-state index in [4.69, 9.17) is 18.6 Å². The molecule has 38 heavy (non-hydrogen) atoms. The Kier molecular flexibility index (Phi) is 12.0. The van der Waals surface area contributed by atoms with Gasteiger partial charge in [-0.2, -0.15) is 0 Å². The van der Waals surface area contributed by atoms with Crippen molar-refractivity contribution in [3.05, 3.63) is 58.7 Å². The van der Waals surface area contributed by atoms with Gasteiger partial charge < -0.3 is 0 Å². The molecular weight excluding hydrogens is 691 g/mol. The number of furan rings is 1. The molecule has 0 aliphatic heterocycles. The zero-order valence-electron chi connectivity index (χ0n) is 23.7. The first kappa shape index (κ1) is 32.5. The number of rotatable bonds is 9. The molecule has 1 amide bonds. The summed E-state index contributed by atoms with van der Waals surface area (Å²) < 4.78 is 25.0. The second kappa shape index (κ2) is 14.0. The first-order chi connectivity index (χ1) is 17.7. The fraction of sp³-hybridized carbons (Fsp3) is 0.483. The van der Waals surface area contributed by atoms with E-state index < -0.39 is 5.91 Å². The zero-order valence-corrected chi connectivity index (χ0v) is 28.0. The molecule has 1 heterocycles. The average Bonchev–Trinajstić information content (AvgIpc) is 3.31. The molecule has 2 N–H and O–H groups in total. The molecule has 1 aromatic heterocycles. The number of carbonyl (C=O) groups is 1. The molecule has 0 saturated carbocycles. The van der Waals surface area contributed by atoms with Crippen LogP contribution in [0.1, 0.15) is 81.6 Å². The van der Waals surface area contributed by atoms with Crippen LogP contribution in [-0.4, -0.2) is 35.1 Å². The number of ether oxygens (including phenoxy) is 3. The number of benzene rings is 1. The molecule has 1 aliphatic carbocycles. The monoisotopic (exact) mass is 729 g/mol. The number of amides is 1. The molecule has 0 unspecified atom stereocenters. The Morgan fingerprint density at radius 3 is 2.21 bits per heavy atom. The Morgan fingerprint density at radius 2 is 1.71 bits per heavy atom. The summed E-state index contributed by atoms with van der Waals surface area (Å²) in [5.41, 5.74) is 4.15. The summed E-state index contributed by atoms with van der Waals surface area (Å²) in [6.07, 6.45) is 4.83. The molecular formula is C29H38N2O5VW-2. The summed E-state index contributed by atoms with van der Waals surface area (Å²) in [6.45, 7) is 15.4. The summed E-state index contributed by atoms with van der Waals surface area (Å²) in [6, 6.07) is 8.10. The average molecular weight is 729 g/mol. The van der Waals surface area contributed by atoms with Crippen LogP contribution >= 0.6 is 0 Å². The van der Waals surface area contributed by atoms with Gasteiger partial charge in [-0.05, 0) is 18.3 Å². The molecule has 0 atom stereocenters. The minimum atomic E-state index is -0.468. The van der Waals surface area contributed by atoms with Gasteiger partial charge in [0.05, 0.1) is 0 Å². The third kappa shape index (κ3) is 8.62. The SMILES string of the molecule is CC(C)N[C-]=[W].CO[C-]=C(NC(=O)c1ccc(Oc2cc3c(cc2C)C(C)(C)CCC3(C)C)o1)[C](=[V])OC. The molecule has 1 aliphatic rings. The molecule has 0 radical (unpaired) electrons. The van der Waals surface area contributed by atoms with Gasteiger partial charge in [-0.25, -0.2) is 0 Å². The van der Waals surface area contributed by atoms with E-state index in [9.17, 15) is 4.79 Å². The van der Waals surface area contributed by atoms with Crippen molar-refractivity contribution in [2.45, 2.75) is 78.2 Å². The van der Waals surface area contributed by atoms with E-state index in [1.807, 2.05) is 6.92 Å². The second-order valence-electron chi connectivity index (χ2n) is 10.7. The quantitative estimate of drug-likeness (QED) is 0.209. The van der Waals surface area contributed by atoms with Crippen LogP contribution in [0.3, 0.4) is 0 Å². The van der Waals surface area contributed by atoms with Gasteiger partial charge in [-0.3, -0.25) is 0 Å². The normalized spacial score (nSPS) is 15.6. The topological polar surface area (TPSA) is 82.0 Å².